The van der Waals surface area contributed by atoms with Crippen molar-refractivity contribution < 1.29 is 4.79 Å². The fraction of sp³-hybridized carbons (Fsp3) is 0.933. The largest absolute Gasteiger partial charge is 0.343 e. The minimum absolute atomic E-state index is 0.274. The standard InChI is InChI=1S/C15H30N2OS/c1-12-5-8-15(11-16,9-6-12)14(18)17(3)13(2)7-10-19-4/h12-13H,5-11,16H2,1-4H3. The van der Waals surface area contributed by atoms with E-state index in [-0.39, 0.29) is 11.3 Å². The zero-order chi connectivity index (χ0) is 14.5. The lowest BCUT2D eigenvalue weighted by atomic mass is 9.70. The maximum atomic E-state index is 12.8. The molecule has 1 aliphatic rings. The predicted molar refractivity (Wildman–Crippen MR) is 84.4 cm³/mol. The summed E-state index contributed by atoms with van der Waals surface area (Å²) in [5.74, 6) is 2.12. The maximum Gasteiger partial charge on any atom is 0.230 e. The Morgan fingerprint density at radius 1 is 1.47 bits per heavy atom. The summed E-state index contributed by atoms with van der Waals surface area (Å²) in [7, 11) is 1.95. The molecule has 1 aliphatic carbocycles. The molecule has 0 aromatic rings. The van der Waals surface area contributed by atoms with Crippen molar-refractivity contribution in [3.8, 4) is 0 Å². The molecule has 0 aromatic carbocycles. The smallest absolute Gasteiger partial charge is 0.230 e. The van der Waals surface area contributed by atoms with E-state index in [2.05, 4.69) is 20.1 Å². The van der Waals surface area contributed by atoms with Crippen LogP contribution in [0.1, 0.15) is 46.0 Å². The maximum absolute atomic E-state index is 12.8. The molecule has 0 radical (unpaired) electrons. The van der Waals surface area contributed by atoms with Crippen LogP contribution in [0.3, 0.4) is 0 Å². The first-order valence-corrected chi connectivity index (χ1v) is 8.82. The average Bonchev–Trinajstić information content (AvgIpc) is 2.44. The number of nitrogens with two attached hydrogens (primary N) is 1. The van der Waals surface area contributed by atoms with Crippen LogP contribution in [0.5, 0.6) is 0 Å². The number of rotatable bonds is 6. The first-order valence-electron chi connectivity index (χ1n) is 7.43. The summed E-state index contributed by atoms with van der Waals surface area (Å²) in [6.07, 6.45) is 7.36. The van der Waals surface area contributed by atoms with Crippen LogP contribution in [0.2, 0.25) is 0 Å². The lowest BCUT2D eigenvalue weighted by Gasteiger charge is -2.41. The number of thioether (sulfide) groups is 1. The minimum atomic E-state index is -0.283. The molecule has 0 spiro atoms. The quantitative estimate of drug-likeness (QED) is 0.816. The molecular weight excluding hydrogens is 256 g/mol. The minimum Gasteiger partial charge on any atom is -0.343 e. The topological polar surface area (TPSA) is 46.3 Å². The molecule has 1 saturated carbocycles. The summed E-state index contributed by atoms with van der Waals surface area (Å²) < 4.78 is 0. The van der Waals surface area contributed by atoms with Gasteiger partial charge in [0.05, 0.1) is 5.41 Å². The van der Waals surface area contributed by atoms with E-state index in [1.165, 1.54) is 0 Å². The first-order chi connectivity index (χ1) is 8.96. The summed E-state index contributed by atoms with van der Waals surface area (Å²) in [5, 5.41) is 0. The van der Waals surface area contributed by atoms with Crippen LogP contribution in [0, 0.1) is 11.3 Å². The van der Waals surface area contributed by atoms with Gasteiger partial charge in [-0.2, -0.15) is 11.8 Å². The molecule has 1 fully saturated rings. The zero-order valence-corrected chi connectivity index (χ0v) is 13.8. The molecule has 0 heterocycles. The summed E-state index contributed by atoms with van der Waals surface area (Å²) in [5.41, 5.74) is 5.69. The highest BCUT2D eigenvalue weighted by Gasteiger charge is 2.42. The van der Waals surface area contributed by atoms with Gasteiger partial charge in [-0.05, 0) is 57.0 Å². The van der Waals surface area contributed by atoms with Crippen LogP contribution in [0.4, 0.5) is 0 Å². The van der Waals surface area contributed by atoms with Gasteiger partial charge in [0.1, 0.15) is 0 Å². The van der Waals surface area contributed by atoms with Gasteiger partial charge in [-0.25, -0.2) is 0 Å². The van der Waals surface area contributed by atoms with Gasteiger partial charge < -0.3 is 10.6 Å². The molecule has 4 heteroatoms. The fourth-order valence-electron chi connectivity index (χ4n) is 2.88. The van der Waals surface area contributed by atoms with Gasteiger partial charge in [0, 0.05) is 19.6 Å². The highest BCUT2D eigenvalue weighted by atomic mass is 32.2. The number of carbonyl (C=O) groups is 1. The van der Waals surface area contributed by atoms with Crippen molar-refractivity contribution in [2.75, 3.05) is 25.6 Å². The number of nitrogens with zero attached hydrogens (tertiary/aromatic N) is 1. The van der Waals surface area contributed by atoms with E-state index in [9.17, 15) is 4.79 Å². The van der Waals surface area contributed by atoms with Gasteiger partial charge in [0.15, 0.2) is 0 Å². The van der Waals surface area contributed by atoms with Crippen molar-refractivity contribution in [1.29, 1.82) is 0 Å². The second kappa shape index (κ2) is 7.53. The molecule has 1 atom stereocenters. The van der Waals surface area contributed by atoms with E-state index in [0.29, 0.717) is 12.6 Å². The molecule has 19 heavy (non-hydrogen) atoms. The normalized spacial score (nSPS) is 29.0. The van der Waals surface area contributed by atoms with Gasteiger partial charge in [0.25, 0.3) is 0 Å². The average molecular weight is 286 g/mol. The number of hydrogen-bond donors (Lipinski definition) is 1. The van der Waals surface area contributed by atoms with E-state index in [1.807, 2.05) is 23.7 Å². The summed E-state index contributed by atoms with van der Waals surface area (Å²) in [6.45, 7) is 4.91. The van der Waals surface area contributed by atoms with Crippen LogP contribution in [0.25, 0.3) is 0 Å². The Balaban J connectivity index is 2.67. The molecule has 0 bridgehead atoms. The van der Waals surface area contributed by atoms with Crippen molar-refractivity contribution in [1.82, 2.24) is 4.90 Å². The van der Waals surface area contributed by atoms with Gasteiger partial charge in [-0.3, -0.25) is 4.79 Å². The summed E-state index contributed by atoms with van der Waals surface area (Å²) >= 11 is 1.84. The highest BCUT2D eigenvalue weighted by molar-refractivity contribution is 7.98. The van der Waals surface area contributed by atoms with Crippen LogP contribution < -0.4 is 5.73 Å². The molecular formula is C15H30N2OS. The summed E-state index contributed by atoms with van der Waals surface area (Å²) in [6, 6.07) is 0.308. The van der Waals surface area contributed by atoms with Gasteiger partial charge in [0.2, 0.25) is 5.91 Å². The Bertz CT molecular complexity index is 288. The van der Waals surface area contributed by atoms with Crippen molar-refractivity contribution >= 4 is 17.7 Å². The van der Waals surface area contributed by atoms with E-state index in [0.717, 1.165) is 43.8 Å². The fourth-order valence-corrected chi connectivity index (χ4v) is 3.45. The third kappa shape index (κ3) is 4.12. The molecule has 0 aliphatic heterocycles. The third-order valence-corrected chi connectivity index (χ3v) is 5.44. The number of amides is 1. The molecule has 112 valence electrons. The van der Waals surface area contributed by atoms with Crippen LogP contribution >= 0.6 is 11.8 Å². The SMILES string of the molecule is CSCCC(C)N(C)C(=O)C1(CN)CCC(C)CC1. The summed E-state index contributed by atoms with van der Waals surface area (Å²) in [4.78, 5) is 14.7. The van der Waals surface area contributed by atoms with E-state index >= 15 is 0 Å². The third-order valence-electron chi connectivity index (χ3n) is 4.80. The Morgan fingerprint density at radius 2 is 2.05 bits per heavy atom. The van der Waals surface area contributed by atoms with Crippen molar-refractivity contribution in [3.05, 3.63) is 0 Å². The Morgan fingerprint density at radius 3 is 2.53 bits per heavy atom. The van der Waals surface area contributed by atoms with E-state index < -0.39 is 0 Å². The molecule has 3 nitrogen and oxygen atoms in total. The van der Waals surface area contributed by atoms with Gasteiger partial charge in [-0.15, -0.1) is 0 Å². The van der Waals surface area contributed by atoms with E-state index in [1.54, 1.807) is 0 Å². The van der Waals surface area contributed by atoms with Crippen LogP contribution in [-0.2, 0) is 4.79 Å². The molecule has 1 rings (SSSR count). The molecule has 1 amide bonds. The second-order valence-corrected chi connectivity index (χ2v) is 7.20. The lowest BCUT2D eigenvalue weighted by molar-refractivity contribution is -0.144. The van der Waals surface area contributed by atoms with Gasteiger partial charge >= 0.3 is 0 Å². The second-order valence-electron chi connectivity index (χ2n) is 6.21. The monoisotopic (exact) mass is 286 g/mol. The Labute approximate surface area is 122 Å². The molecule has 1 unspecified atom stereocenters. The molecule has 2 N–H and O–H groups in total. The van der Waals surface area contributed by atoms with Crippen molar-refractivity contribution in [2.45, 2.75) is 52.0 Å². The van der Waals surface area contributed by atoms with Crippen LogP contribution in [0.15, 0.2) is 0 Å². The zero-order valence-electron chi connectivity index (χ0n) is 12.9. The highest BCUT2D eigenvalue weighted by Crippen LogP contribution is 2.39. The molecule has 0 aromatic heterocycles. The van der Waals surface area contributed by atoms with Gasteiger partial charge in [-0.1, -0.05) is 6.92 Å². The predicted octanol–water partition coefficient (Wildman–Crippen LogP) is 2.74. The van der Waals surface area contributed by atoms with E-state index in [4.69, 9.17) is 5.73 Å². The number of carbonyl (C=O) groups excluding carboxylic acids is 1. The van der Waals surface area contributed by atoms with Crippen molar-refractivity contribution in [2.24, 2.45) is 17.1 Å². The number of hydrogen-bond acceptors (Lipinski definition) is 3. The Kier molecular flexibility index (Phi) is 6.67. The first kappa shape index (κ1) is 16.8. The van der Waals surface area contributed by atoms with Crippen molar-refractivity contribution in [3.63, 3.8) is 0 Å². The van der Waals surface area contributed by atoms with Crippen LogP contribution in [-0.4, -0.2) is 42.4 Å². The Hall–Kier alpha value is -0.220. The lowest BCUT2D eigenvalue weighted by Crippen LogP contribution is -2.51. The molecule has 0 saturated heterocycles.